The quantitative estimate of drug-likeness (QED) is 0.528. The Labute approximate surface area is 168 Å². The summed E-state index contributed by atoms with van der Waals surface area (Å²) in [5.74, 6) is 0. The smallest absolute Gasteiger partial charge is 0.306 e. The highest BCUT2D eigenvalue weighted by Crippen LogP contribution is 2.29. The predicted molar refractivity (Wildman–Crippen MR) is 114 cm³/mol. The predicted octanol–water partition coefficient (Wildman–Crippen LogP) is 2.92. The van der Waals surface area contributed by atoms with Crippen LogP contribution in [0.4, 0.5) is 0 Å². The van der Waals surface area contributed by atoms with E-state index in [4.69, 9.17) is 4.98 Å². The van der Waals surface area contributed by atoms with Crippen molar-refractivity contribution >= 4 is 22.1 Å². The lowest BCUT2D eigenvalue weighted by Crippen LogP contribution is -2.35. The number of aromatic nitrogens is 5. The summed E-state index contributed by atoms with van der Waals surface area (Å²) in [7, 11) is 3.95. The second-order valence-electron chi connectivity index (χ2n) is 7.99. The summed E-state index contributed by atoms with van der Waals surface area (Å²) in [6.07, 6.45) is 5.55. The van der Waals surface area contributed by atoms with Crippen LogP contribution in [0.15, 0.2) is 41.5 Å². The van der Waals surface area contributed by atoms with Gasteiger partial charge in [0.1, 0.15) is 5.52 Å². The van der Waals surface area contributed by atoms with E-state index in [0.717, 1.165) is 64.9 Å². The minimum atomic E-state index is 0.00746. The molecule has 0 aromatic carbocycles. The Morgan fingerprint density at radius 3 is 2.52 bits per heavy atom. The zero-order chi connectivity index (χ0) is 20.1. The first-order valence-corrected chi connectivity index (χ1v) is 10.0. The van der Waals surface area contributed by atoms with Gasteiger partial charge in [-0.3, -0.25) is 19.1 Å². The number of piperidine rings is 1. The minimum absolute atomic E-state index is 0.00746. The fraction of sp³-hybridized carbons (Fsp3) is 0.364. The molecule has 0 N–H and O–H groups in total. The number of hydrogen-bond donors (Lipinski definition) is 0. The minimum Gasteiger partial charge on any atom is -0.306 e. The molecule has 148 valence electrons. The van der Waals surface area contributed by atoms with Crippen molar-refractivity contribution in [2.45, 2.75) is 25.8 Å². The Morgan fingerprint density at radius 2 is 1.79 bits per heavy atom. The van der Waals surface area contributed by atoms with Crippen LogP contribution in [-0.2, 0) is 7.05 Å². The molecule has 0 amide bonds. The normalized spacial score (nSPS) is 16.1. The lowest BCUT2D eigenvalue weighted by Gasteiger charge is -2.29. The summed E-state index contributed by atoms with van der Waals surface area (Å²) in [5.41, 5.74) is 6.06. The second-order valence-corrected chi connectivity index (χ2v) is 7.99. The van der Waals surface area contributed by atoms with Crippen molar-refractivity contribution in [3.05, 3.63) is 52.8 Å². The van der Waals surface area contributed by atoms with Crippen LogP contribution in [0.5, 0.6) is 0 Å². The fourth-order valence-corrected chi connectivity index (χ4v) is 4.26. The summed E-state index contributed by atoms with van der Waals surface area (Å²) >= 11 is 0. The highest BCUT2D eigenvalue weighted by Gasteiger charge is 2.25. The van der Waals surface area contributed by atoms with Crippen molar-refractivity contribution in [1.82, 2.24) is 29.0 Å². The molecule has 1 aliphatic rings. The van der Waals surface area contributed by atoms with Crippen molar-refractivity contribution in [1.29, 1.82) is 0 Å². The summed E-state index contributed by atoms with van der Waals surface area (Å²) < 4.78 is 3.65. The van der Waals surface area contributed by atoms with Gasteiger partial charge in [-0.05, 0) is 64.2 Å². The van der Waals surface area contributed by atoms with E-state index in [1.54, 1.807) is 10.8 Å². The molecule has 5 heterocycles. The summed E-state index contributed by atoms with van der Waals surface area (Å²) in [4.78, 5) is 29.4. The molecule has 4 aromatic heterocycles. The standard InChI is InChI=1S/C22H24N6O/c1-14-4-5-15(12-23-14)17-6-7-18-20(25-17)21-19(13-24-18)27(3)22(29)28(21)16-8-10-26(2)11-9-16/h4-7,12-13,16H,8-11H2,1-3H3. The largest absolute Gasteiger partial charge is 0.329 e. The topological polar surface area (TPSA) is 68.8 Å². The Morgan fingerprint density at radius 1 is 1.00 bits per heavy atom. The van der Waals surface area contributed by atoms with Crippen molar-refractivity contribution in [2.24, 2.45) is 7.05 Å². The molecule has 7 nitrogen and oxygen atoms in total. The van der Waals surface area contributed by atoms with Gasteiger partial charge in [0, 0.05) is 30.5 Å². The molecule has 1 fully saturated rings. The van der Waals surface area contributed by atoms with Gasteiger partial charge < -0.3 is 4.90 Å². The van der Waals surface area contributed by atoms with Gasteiger partial charge in [-0.15, -0.1) is 0 Å². The van der Waals surface area contributed by atoms with E-state index in [1.165, 1.54) is 0 Å². The van der Waals surface area contributed by atoms with E-state index in [9.17, 15) is 4.79 Å². The Balaban J connectivity index is 1.76. The van der Waals surface area contributed by atoms with Gasteiger partial charge in [-0.25, -0.2) is 9.78 Å². The first-order chi connectivity index (χ1) is 14.0. The second kappa shape index (κ2) is 6.77. The molecule has 4 aromatic rings. The van der Waals surface area contributed by atoms with Gasteiger partial charge in [0.2, 0.25) is 0 Å². The maximum Gasteiger partial charge on any atom is 0.329 e. The Kier molecular flexibility index (Phi) is 4.20. The molecule has 7 heteroatoms. The molecule has 0 atom stereocenters. The Hall–Kier alpha value is -3.06. The lowest BCUT2D eigenvalue weighted by atomic mass is 10.1. The molecule has 0 spiro atoms. The van der Waals surface area contributed by atoms with Gasteiger partial charge in [-0.1, -0.05) is 0 Å². The number of aryl methyl sites for hydroxylation is 2. The molecule has 1 aliphatic heterocycles. The van der Waals surface area contributed by atoms with E-state index in [1.807, 2.05) is 49.0 Å². The number of pyridine rings is 3. The summed E-state index contributed by atoms with van der Waals surface area (Å²) in [5, 5.41) is 0. The lowest BCUT2D eigenvalue weighted by molar-refractivity contribution is 0.221. The van der Waals surface area contributed by atoms with Gasteiger partial charge >= 0.3 is 5.69 Å². The van der Waals surface area contributed by atoms with Crippen LogP contribution in [0.2, 0.25) is 0 Å². The average Bonchev–Trinajstić information content (AvgIpc) is 3.00. The third kappa shape index (κ3) is 2.93. The maximum atomic E-state index is 13.2. The number of imidazole rings is 1. The zero-order valence-corrected chi connectivity index (χ0v) is 17.0. The number of likely N-dealkylation sites (tertiary alicyclic amines) is 1. The van der Waals surface area contributed by atoms with E-state index >= 15 is 0 Å². The van der Waals surface area contributed by atoms with Gasteiger partial charge in [0.05, 0.1) is 28.4 Å². The van der Waals surface area contributed by atoms with E-state index < -0.39 is 0 Å². The highest BCUT2D eigenvalue weighted by atomic mass is 16.1. The molecule has 0 radical (unpaired) electrons. The number of rotatable bonds is 2. The molecule has 0 bridgehead atoms. The number of nitrogens with zero attached hydrogens (tertiary/aromatic N) is 6. The third-order valence-electron chi connectivity index (χ3n) is 6.02. The fourth-order valence-electron chi connectivity index (χ4n) is 4.26. The number of fused-ring (bicyclic) bond motifs is 3. The van der Waals surface area contributed by atoms with E-state index in [2.05, 4.69) is 21.9 Å². The van der Waals surface area contributed by atoms with Crippen LogP contribution in [0.1, 0.15) is 24.6 Å². The highest BCUT2D eigenvalue weighted by molar-refractivity contribution is 6.00. The molecule has 1 saturated heterocycles. The van der Waals surface area contributed by atoms with Crippen molar-refractivity contribution < 1.29 is 0 Å². The molecular weight excluding hydrogens is 364 g/mol. The van der Waals surface area contributed by atoms with Crippen LogP contribution >= 0.6 is 0 Å². The summed E-state index contributed by atoms with van der Waals surface area (Å²) in [6.45, 7) is 3.95. The van der Waals surface area contributed by atoms with Crippen molar-refractivity contribution in [3.8, 4) is 11.3 Å². The molecule has 0 saturated carbocycles. The zero-order valence-electron chi connectivity index (χ0n) is 17.0. The Bertz CT molecular complexity index is 1260. The first kappa shape index (κ1) is 18.0. The van der Waals surface area contributed by atoms with Crippen molar-refractivity contribution in [3.63, 3.8) is 0 Å². The summed E-state index contributed by atoms with van der Waals surface area (Å²) in [6, 6.07) is 8.14. The monoisotopic (exact) mass is 388 g/mol. The van der Waals surface area contributed by atoms with Gasteiger partial charge in [0.25, 0.3) is 0 Å². The maximum absolute atomic E-state index is 13.2. The van der Waals surface area contributed by atoms with Crippen LogP contribution in [0, 0.1) is 6.92 Å². The first-order valence-electron chi connectivity index (χ1n) is 10.0. The van der Waals surface area contributed by atoms with Gasteiger partial charge in [-0.2, -0.15) is 0 Å². The van der Waals surface area contributed by atoms with Crippen LogP contribution < -0.4 is 5.69 Å². The molecular formula is C22H24N6O. The van der Waals surface area contributed by atoms with E-state index in [0.29, 0.717) is 0 Å². The van der Waals surface area contributed by atoms with Gasteiger partial charge in [0.15, 0.2) is 0 Å². The van der Waals surface area contributed by atoms with Crippen LogP contribution in [0.3, 0.4) is 0 Å². The molecule has 29 heavy (non-hydrogen) atoms. The average molecular weight is 388 g/mol. The number of hydrogen-bond acceptors (Lipinski definition) is 5. The molecule has 5 rings (SSSR count). The van der Waals surface area contributed by atoms with E-state index in [-0.39, 0.29) is 11.7 Å². The van der Waals surface area contributed by atoms with Crippen LogP contribution in [0.25, 0.3) is 33.3 Å². The molecule has 0 unspecified atom stereocenters. The molecule has 0 aliphatic carbocycles. The SMILES string of the molecule is Cc1ccc(-c2ccc3ncc4c(c3n2)n(C2CCN(C)CC2)c(=O)n4C)cn1. The van der Waals surface area contributed by atoms with Crippen LogP contribution in [-0.4, -0.2) is 49.1 Å². The third-order valence-corrected chi connectivity index (χ3v) is 6.02. The van der Waals surface area contributed by atoms with Crippen molar-refractivity contribution in [2.75, 3.05) is 20.1 Å².